The van der Waals surface area contributed by atoms with Gasteiger partial charge in [0.05, 0.1) is 30.0 Å². The van der Waals surface area contributed by atoms with Gasteiger partial charge >= 0.3 is 0 Å². The summed E-state index contributed by atoms with van der Waals surface area (Å²) in [5.41, 5.74) is 2.15. The molecular weight excluding hydrogens is 428 g/mol. The number of aryl methyl sites for hydroxylation is 1. The van der Waals surface area contributed by atoms with Crippen LogP contribution < -0.4 is 9.64 Å². The normalized spacial score (nSPS) is 16.0. The summed E-state index contributed by atoms with van der Waals surface area (Å²) in [6, 6.07) is 14.3. The van der Waals surface area contributed by atoms with Crippen LogP contribution >= 0.6 is 23.1 Å². The zero-order valence-corrected chi connectivity index (χ0v) is 19.6. The molecule has 0 saturated carbocycles. The van der Waals surface area contributed by atoms with Crippen LogP contribution in [0.5, 0.6) is 5.75 Å². The molecule has 2 heterocycles. The third-order valence-electron chi connectivity index (χ3n) is 5.34. The van der Waals surface area contributed by atoms with Gasteiger partial charge in [0.15, 0.2) is 5.13 Å². The number of ether oxygens (including phenoxy) is 2. The number of thiazole rings is 1. The maximum Gasteiger partial charge on any atom is 0.228 e. The molecule has 0 bridgehead atoms. The van der Waals surface area contributed by atoms with Crippen molar-refractivity contribution in [2.24, 2.45) is 0 Å². The maximum atomic E-state index is 13.2. The largest absolute Gasteiger partial charge is 0.497 e. The second kappa shape index (κ2) is 10.5. The van der Waals surface area contributed by atoms with Crippen LogP contribution in [0.2, 0.25) is 0 Å². The lowest BCUT2D eigenvalue weighted by atomic mass is 10.2. The van der Waals surface area contributed by atoms with E-state index in [2.05, 4.69) is 31.2 Å². The van der Waals surface area contributed by atoms with Gasteiger partial charge in [-0.25, -0.2) is 4.98 Å². The van der Waals surface area contributed by atoms with Gasteiger partial charge in [-0.2, -0.15) is 0 Å². The first-order valence-electron chi connectivity index (χ1n) is 10.7. The lowest BCUT2D eigenvalue weighted by Crippen LogP contribution is -2.37. The predicted octanol–water partition coefficient (Wildman–Crippen LogP) is 5.70. The number of methoxy groups -OCH3 is 1. The van der Waals surface area contributed by atoms with Gasteiger partial charge in [-0.05, 0) is 73.9 Å². The molecule has 1 fully saturated rings. The number of carbonyl (C=O) groups excluding carboxylic acids is 1. The Hall–Kier alpha value is -2.09. The summed E-state index contributed by atoms with van der Waals surface area (Å²) in [5.74, 6) is 1.88. The van der Waals surface area contributed by atoms with Crippen molar-refractivity contribution in [3.05, 3.63) is 48.0 Å². The van der Waals surface area contributed by atoms with Gasteiger partial charge < -0.3 is 9.47 Å². The van der Waals surface area contributed by atoms with Crippen molar-refractivity contribution in [2.45, 2.75) is 43.6 Å². The Kier molecular flexibility index (Phi) is 7.48. The molecule has 164 valence electrons. The number of nitrogens with zero attached hydrogens (tertiary/aromatic N) is 2. The molecule has 2 aromatic carbocycles. The first-order valence-corrected chi connectivity index (χ1v) is 12.5. The molecule has 4 rings (SSSR count). The average molecular weight is 457 g/mol. The predicted molar refractivity (Wildman–Crippen MR) is 129 cm³/mol. The van der Waals surface area contributed by atoms with E-state index in [-0.39, 0.29) is 12.0 Å². The highest BCUT2D eigenvalue weighted by Gasteiger charge is 2.25. The van der Waals surface area contributed by atoms with Gasteiger partial charge in [0.2, 0.25) is 5.91 Å². The number of rotatable bonds is 9. The first-order chi connectivity index (χ1) is 15.1. The summed E-state index contributed by atoms with van der Waals surface area (Å²) < 4.78 is 12.1. The van der Waals surface area contributed by atoms with Crippen LogP contribution in [0.25, 0.3) is 10.2 Å². The fourth-order valence-corrected chi connectivity index (χ4v) is 5.58. The highest BCUT2D eigenvalue weighted by atomic mass is 32.2. The average Bonchev–Trinajstić information content (AvgIpc) is 3.44. The second-order valence-corrected chi connectivity index (χ2v) is 9.91. The van der Waals surface area contributed by atoms with Crippen LogP contribution in [-0.2, 0) is 9.53 Å². The Morgan fingerprint density at radius 2 is 2.13 bits per heavy atom. The number of thioether (sulfide) groups is 1. The minimum absolute atomic E-state index is 0.103. The van der Waals surface area contributed by atoms with Crippen molar-refractivity contribution in [3.63, 3.8) is 0 Å². The minimum atomic E-state index is 0.103. The Morgan fingerprint density at radius 3 is 2.87 bits per heavy atom. The molecule has 0 radical (unpaired) electrons. The molecule has 7 heteroatoms. The summed E-state index contributed by atoms with van der Waals surface area (Å²) in [5, 5.41) is 0.781. The van der Waals surface area contributed by atoms with E-state index in [0.717, 1.165) is 52.7 Å². The summed E-state index contributed by atoms with van der Waals surface area (Å²) in [6.45, 7) is 3.45. The summed E-state index contributed by atoms with van der Waals surface area (Å²) in [4.78, 5) is 21.0. The number of hydrogen-bond donors (Lipinski definition) is 0. The van der Waals surface area contributed by atoms with Gasteiger partial charge in [0, 0.05) is 17.9 Å². The molecule has 1 aliphatic rings. The maximum absolute atomic E-state index is 13.2. The number of aromatic nitrogens is 1. The first kappa shape index (κ1) is 22.1. The van der Waals surface area contributed by atoms with Crippen LogP contribution in [0.4, 0.5) is 5.13 Å². The molecule has 1 unspecified atom stereocenters. The molecule has 0 aliphatic carbocycles. The Bertz CT molecular complexity index is 1010. The molecule has 0 N–H and O–H groups in total. The molecule has 5 nitrogen and oxygen atoms in total. The second-order valence-electron chi connectivity index (χ2n) is 7.73. The van der Waals surface area contributed by atoms with Gasteiger partial charge in [-0.3, -0.25) is 9.69 Å². The number of anilines is 1. The zero-order valence-electron chi connectivity index (χ0n) is 18.0. The topological polar surface area (TPSA) is 51.7 Å². The van der Waals surface area contributed by atoms with Crippen LogP contribution in [0.15, 0.2) is 47.4 Å². The van der Waals surface area contributed by atoms with E-state index in [1.807, 2.05) is 23.1 Å². The van der Waals surface area contributed by atoms with Crippen molar-refractivity contribution in [1.29, 1.82) is 0 Å². The van der Waals surface area contributed by atoms with Gasteiger partial charge in [-0.15, -0.1) is 11.8 Å². The lowest BCUT2D eigenvalue weighted by molar-refractivity contribution is -0.119. The minimum Gasteiger partial charge on any atom is -0.497 e. The lowest BCUT2D eigenvalue weighted by Gasteiger charge is -2.23. The monoisotopic (exact) mass is 456 g/mol. The SMILES string of the molecule is COc1ccc(SCCCC(=O)N(CC2CCCO2)c2nc3ccc(C)cc3s2)cc1. The highest BCUT2D eigenvalue weighted by Crippen LogP contribution is 2.31. The molecule has 0 spiro atoms. The Balaban J connectivity index is 1.39. The van der Waals surface area contributed by atoms with Crippen molar-refractivity contribution in [1.82, 2.24) is 4.98 Å². The van der Waals surface area contributed by atoms with E-state index in [1.165, 1.54) is 10.5 Å². The van der Waals surface area contributed by atoms with Crippen molar-refractivity contribution >= 4 is 44.4 Å². The van der Waals surface area contributed by atoms with E-state index in [9.17, 15) is 4.79 Å². The number of fused-ring (bicyclic) bond motifs is 1. The summed E-state index contributed by atoms with van der Waals surface area (Å²) >= 11 is 3.36. The van der Waals surface area contributed by atoms with Gasteiger partial charge in [-0.1, -0.05) is 17.4 Å². The standard InChI is InChI=1S/C24H28N2O3S2/c1-17-7-12-21-22(15-17)31-24(25-21)26(16-19-5-3-13-29-19)23(27)6-4-14-30-20-10-8-18(28-2)9-11-20/h7-12,15,19H,3-6,13-14,16H2,1-2H3. The summed E-state index contributed by atoms with van der Waals surface area (Å²) in [7, 11) is 1.67. The Labute approximate surface area is 191 Å². The van der Waals surface area contributed by atoms with E-state index in [0.29, 0.717) is 13.0 Å². The number of hydrogen-bond acceptors (Lipinski definition) is 6. The zero-order chi connectivity index (χ0) is 21.6. The molecule has 1 aliphatic heterocycles. The van der Waals surface area contributed by atoms with Gasteiger partial charge in [0.25, 0.3) is 0 Å². The molecule has 1 amide bonds. The fraction of sp³-hybridized carbons (Fsp3) is 0.417. The van der Waals surface area contributed by atoms with Crippen molar-refractivity contribution in [2.75, 3.05) is 30.9 Å². The molecule has 3 aromatic rings. The molecule has 31 heavy (non-hydrogen) atoms. The molecule has 1 aromatic heterocycles. The number of carbonyl (C=O) groups is 1. The van der Waals surface area contributed by atoms with E-state index < -0.39 is 0 Å². The van der Waals surface area contributed by atoms with Crippen LogP contribution in [0.3, 0.4) is 0 Å². The smallest absolute Gasteiger partial charge is 0.228 e. The number of amides is 1. The van der Waals surface area contributed by atoms with Crippen molar-refractivity contribution in [3.8, 4) is 5.75 Å². The van der Waals surface area contributed by atoms with E-state index in [4.69, 9.17) is 14.5 Å². The van der Waals surface area contributed by atoms with Crippen molar-refractivity contribution < 1.29 is 14.3 Å². The highest BCUT2D eigenvalue weighted by molar-refractivity contribution is 7.99. The van der Waals surface area contributed by atoms with Crippen LogP contribution in [0, 0.1) is 6.92 Å². The van der Waals surface area contributed by atoms with Crippen LogP contribution in [-0.4, -0.2) is 43.0 Å². The van der Waals surface area contributed by atoms with E-state index >= 15 is 0 Å². The number of benzene rings is 2. The molecule has 1 atom stereocenters. The third kappa shape index (κ3) is 5.79. The quantitative estimate of drug-likeness (QED) is 0.305. The molecular formula is C24H28N2O3S2. The summed E-state index contributed by atoms with van der Waals surface area (Å²) in [6.07, 6.45) is 3.49. The van der Waals surface area contributed by atoms with E-state index in [1.54, 1.807) is 30.2 Å². The third-order valence-corrected chi connectivity index (χ3v) is 7.48. The van der Waals surface area contributed by atoms with Crippen LogP contribution in [0.1, 0.15) is 31.2 Å². The van der Waals surface area contributed by atoms with Gasteiger partial charge in [0.1, 0.15) is 5.75 Å². The fourth-order valence-electron chi connectivity index (χ4n) is 3.63. The molecule has 1 saturated heterocycles. The Morgan fingerprint density at radius 1 is 1.29 bits per heavy atom.